The van der Waals surface area contributed by atoms with Crippen LogP contribution in [0, 0.1) is 0 Å². The second kappa shape index (κ2) is 6.42. The number of amides is 1. The number of aliphatic hydroxyl groups excluding tert-OH is 1. The Hall–Kier alpha value is -2.18. The van der Waals surface area contributed by atoms with Crippen molar-refractivity contribution in [2.75, 3.05) is 27.2 Å². The molecule has 148 valence electrons. The molecule has 28 heavy (non-hydrogen) atoms. The zero-order valence-electron chi connectivity index (χ0n) is 16.6. The van der Waals surface area contributed by atoms with E-state index in [1.165, 1.54) is 11.1 Å². The Morgan fingerprint density at radius 3 is 2.75 bits per heavy atom. The molecule has 5 rings (SSSR count). The predicted molar refractivity (Wildman–Crippen MR) is 106 cm³/mol. The molecule has 1 aromatic carbocycles. The number of carbonyl (C=O) groups is 1. The molecule has 1 aliphatic heterocycles. The highest BCUT2D eigenvalue weighted by atomic mass is 16.3. The summed E-state index contributed by atoms with van der Waals surface area (Å²) in [6.45, 7) is 1.32. The quantitative estimate of drug-likeness (QED) is 0.836. The fraction of sp³-hybridized carbons (Fsp3) is 0.545. The molecule has 6 nitrogen and oxygen atoms in total. The molecule has 2 heterocycles. The molecule has 1 aromatic heterocycles. The smallest absolute Gasteiger partial charge is 0.274 e. The van der Waals surface area contributed by atoms with Crippen LogP contribution in [0.25, 0.3) is 0 Å². The Labute approximate surface area is 165 Å². The second-order valence-corrected chi connectivity index (χ2v) is 8.77. The lowest BCUT2D eigenvalue weighted by molar-refractivity contribution is -0.00156. The first-order valence-corrected chi connectivity index (χ1v) is 10.3. The molecule has 0 radical (unpaired) electrons. The summed E-state index contributed by atoms with van der Waals surface area (Å²) in [4.78, 5) is 17.1. The van der Waals surface area contributed by atoms with Gasteiger partial charge in [0.2, 0.25) is 0 Å². The number of likely N-dealkylation sites (N-methyl/N-ethyl adjacent to an activating group) is 1. The number of benzene rings is 1. The number of hydrogen-bond donors (Lipinski definition) is 2. The first-order chi connectivity index (χ1) is 13.5. The summed E-state index contributed by atoms with van der Waals surface area (Å²) in [6, 6.07) is 8.43. The molecule has 2 atom stereocenters. The molecule has 2 aliphatic carbocycles. The predicted octanol–water partition coefficient (Wildman–Crippen LogP) is 2.05. The van der Waals surface area contributed by atoms with Gasteiger partial charge in [0.25, 0.3) is 5.91 Å². The number of piperidine rings is 1. The van der Waals surface area contributed by atoms with Crippen LogP contribution in [0.15, 0.2) is 24.3 Å². The number of nitrogens with one attached hydrogen (secondary N) is 1. The van der Waals surface area contributed by atoms with Crippen molar-refractivity contribution in [1.29, 1.82) is 0 Å². The van der Waals surface area contributed by atoms with E-state index in [9.17, 15) is 9.90 Å². The summed E-state index contributed by atoms with van der Waals surface area (Å²) in [6.07, 6.45) is 4.16. The summed E-state index contributed by atoms with van der Waals surface area (Å²) in [5.74, 6) is 0.0409. The van der Waals surface area contributed by atoms with Gasteiger partial charge in [-0.3, -0.25) is 9.89 Å². The molecule has 1 amide bonds. The van der Waals surface area contributed by atoms with Crippen LogP contribution in [0.2, 0.25) is 0 Å². The van der Waals surface area contributed by atoms with Gasteiger partial charge in [0.05, 0.1) is 12.1 Å². The highest BCUT2D eigenvalue weighted by Gasteiger charge is 2.53. The Kier molecular flexibility index (Phi) is 4.10. The third-order valence-electron chi connectivity index (χ3n) is 7.19. The molecular formula is C22H28N4O2. The number of likely N-dealkylation sites (tertiary alicyclic amines) is 1. The van der Waals surface area contributed by atoms with Crippen LogP contribution >= 0.6 is 0 Å². The zero-order valence-corrected chi connectivity index (χ0v) is 16.6. The average molecular weight is 380 g/mol. The molecule has 2 aromatic rings. The average Bonchev–Trinajstić information content (AvgIpc) is 3.36. The summed E-state index contributed by atoms with van der Waals surface area (Å²) in [7, 11) is 4.06. The molecule has 6 heteroatoms. The Balaban J connectivity index is 1.40. The van der Waals surface area contributed by atoms with Crippen molar-refractivity contribution in [2.45, 2.75) is 49.7 Å². The van der Waals surface area contributed by atoms with Crippen LogP contribution in [0.1, 0.15) is 58.2 Å². The molecule has 0 bridgehead atoms. The molecule has 2 N–H and O–H groups in total. The minimum Gasteiger partial charge on any atom is -0.390 e. The molecule has 1 fully saturated rings. The van der Waals surface area contributed by atoms with Gasteiger partial charge in [-0.05, 0) is 57.3 Å². The second-order valence-electron chi connectivity index (χ2n) is 8.77. The fourth-order valence-corrected chi connectivity index (χ4v) is 5.72. The molecule has 1 spiro atoms. The third-order valence-corrected chi connectivity index (χ3v) is 7.19. The minimum atomic E-state index is -0.452. The van der Waals surface area contributed by atoms with E-state index < -0.39 is 6.10 Å². The van der Waals surface area contributed by atoms with Crippen molar-refractivity contribution in [3.8, 4) is 0 Å². The maximum atomic E-state index is 13.1. The number of aromatic amines is 1. The van der Waals surface area contributed by atoms with E-state index in [-0.39, 0.29) is 17.4 Å². The minimum absolute atomic E-state index is 0.00746. The van der Waals surface area contributed by atoms with Gasteiger partial charge < -0.3 is 14.9 Å². The standard InChI is InChI=1S/C22H28N4O2/c1-25(2)19-14-6-3-4-8-16(14)22(20(19)27)10-12-26(13-11-22)21(28)18-15-7-5-9-17(15)23-24-18/h3-4,6,8,19-20,27H,5,7,9-13H2,1-2H3,(H,23,24)/t19-,20+/m1/s1. The molecule has 1 saturated heterocycles. The van der Waals surface area contributed by atoms with Crippen molar-refractivity contribution in [3.05, 3.63) is 52.3 Å². The van der Waals surface area contributed by atoms with E-state index in [0.717, 1.165) is 43.4 Å². The van der Waals surface area contributed by atoms with E-state index in [2.05, 4.69) is 39.4 Å². The number of aryl methyl sites for hydroxylation is 1. The maximum absolute atomic E-state index is 13.1. The Bertz CT molecular complexity index is 911. The monoisotopic (exact) mass is 380 g/mol. The van der Waals surface area contributed by atoms with Crippen molar-refractivity contribution in [3.63, 3.8) is 0 Å². The normalized spacial score (nSPS) is 25.4. The van der Waals surface area contributed by atoms with Gasteiger partial charge in [-0.1, -0.05) is 24.3 Å². The lowest BCUT2D eigenvalue weighted by Crippen LogP contribution is -2.50. The van der Waals surface area contributed by atoms with E-state index >= 15 is 0 Å². The van der Waals surface area contributed by atoms with E-state index in [1.807, 2.05) is 19.0 Å². The molecule has 0 saturated carbocycles. The van der Waals surface area contributed by atoms with Gasteiger partial charge in [0.15, 0.2) is 5.69 Å². The van der Waals surface area contributed by atoms with E-state index in [0.29, 0.717) is 18.8 Å². The molecular weight excluding hydrogens is 352 g/mol. The van der Waals surface area contributed by atoms with Crippen LogP contribution in [-0.2, 0) is 18.3 Å². The highest BCUT2D eigenvalue weighted by molar-refractivity contribution is 5.94. The van der Waals surface area contributed by atoms with E-state index in [1.54, 1.807) is 0 Å². The number of H-pyrrole nitrogens is 1. The topological polar surface area (TPSA) is 72.5 Å². The number of fused-ring (bicyclic) bond motifs is 3. The van der Waals surface area contributed by atoms with Crippen LogP contribution in [-0.4, -0.2) is 64.3 Å². The van der Waals surface area contributed by atoms with Gasteiger partial charge in [-0.15, -0.1) is 0 Å². The summed E-state index contributed by atoms with van der Waals surface area (Å²) >= 11 is 0. The van der Waals surface area contributed by atoms with Crippen LogP contribution in [0.4, 0.5) is 0 Å². The fourth-order valence-electron chi connectivity index (χ4n) is 5.72. The van der Waals surface area contributed by atoms with Crippen molar-refractivity contribution >= 4 is 5.91 Å². The number of aliphatic hydroxyl groups is 1. The van der Waals surface area contributed by atoms with Crippen LogP contribution < -0.4 is 0 Å². The number of nitrogens with zero attached hydrogens (tertiary/aromatic N) is 3. The van der Waals surface area contributed by atoms with E-state index in [4.69, 9.17) is 0 Å². The van der Waals surface area contributed by atoms with Crippen molar-refractivity contribution < 1.29 is 9.90 Å². The number of hydrogen-bond acceptors (Lipinski definition) is 4. The summed E-state index contributed by atoms with van der Waals surface area (Å²) in [5, 5.41) is 18.7. The molecule has 3 aliphatic rings. The SMILES string of the molecule is CN(C)[C@@H]1c2ccccc2C2(CCN(C(=O)c3n[nH]c4c3CCC4)CC2)[C@H]1O. The lowest BCUT2D eigenvalue weighted by atomic mass is 9.72. The van der Waals surface area contributed by atoms with Crippen LogP contribution in [0.3, 0.4) is 0 Å². The first kappa shape index (κ1) is 17.9. The largest absolute Gasteiger partial charge is 0.390 e. The number of aromatic nitrogens is 2. The van der Waals surface area contributed by atoms with Crippen molar-refractivity contribution in [2.24, 2.45) is 0 Å². The number of rotatable bonds is 2. The highest BCUT2D eigenvalue weighted by Crippen LogP contribution is 2.52. The van der Waals surface area contributed by atoms with Gasteiger partial charge in [0.1, 0.15) is 0 Å². The molecule has 0 unspecified atom stereocenters. The van der Waals surface area contributed by atoms with Crippen LogP contribution in [0.5, 0.6) is 0 Å². The van der Waals surface area contributed by atoms with Gasteiger partial charge >= 0.3 is 0 Å². The zero-order chi connectivity index (χ0) is 19.5. The lowest BCUT2D eigenvalue weighted by Gasteiger charge is -2.43. The van der Waals surface area contributed by atoms with Crippen molar-refractivity contribution in [1.82, 2.24) is 20.0 Å². The van der Waals surface area contributed by atoms with Gasteiger partial charge in [-0.2, -0.15) is 5.10 Å². The van der Waals surface area contributed by atoms with Gasteiger partial charge in [0, 0.05) is 29.8 Å². The Morgan fingerprint density at radius 2 is 2.00 bits per heavy atom. The first-order valence-electron chi connectivity index (χ1n) is 10.3. The maximum Gasteiger partial charge on any atom is 0.274 e. The third kappa shape index (κ3) is 2.40. The van der Waals surface area contributed by atoms with Gasteiger partial charge in [-0.25, -0.2) is 0 Å². The Morgan fingerprint density at radius 1 is 1.25 bits per heavy atom. The summed E-state index contributed by atoms with van der Waals surface area (Å²) < 4.78 is 0. The summed E-state index contributed by atoms with van der Waals surface area (Å²) in [5.41, 5.74) is 5.08. The number of carbonyl (C=O) groups excluding carboxylic acids is 1.